The Morgan fingerprint density at radius 2 is 2.25 bits per heavy atom. The first-order chi connectivity index (χ1) is 9.49. The third-order valence-corrected chi connectivity index (χ3v) is 3.05. The Morgan fingerprint density at radius 1 is 1.55 bits per heavy atom. The molecule has 1 N–H and O–H groups in total. The zero-order chi connectivity index (χ0) is 15.1. The summed E-state index contributed by atoms with van der Waals surface area (Å²) in [6.07, 6.45) is 2.08. The maximum Gasteiger partial charge on any atom is 0.193 e. The van der Waals surface area contributed by atoms with E-state index in [1.165, 1.54) is 5.56 Å². The van der Waals surface area contributed by atoms with Gasteiger partial charge in [-0.1, -0.05) is 13.8 Å². The third kappa shape index (κ3) is 4.52. The van der Waals surface area contributed by atoms with Gasteiger partial charge in [0.25, 0.3) is 0 Å². The minimum atomic E-state index is 0.420. The van der Waals surface area contributed by atoms with Gasteiger partial charge >= 0.3 is 0 Å². The van der Waals surface area contributed by atoms with Crippen molar-refractivity contribution in [2.75, 3.05) is 34.4 Å². The lowest BCUT2D eigenvalue weighted by molar-refractivity contribution is 0.203. The summed E-state index contributed by atoms with van der Waals surface area (Å²) < 4.78 is 6.91. The van der Waals surface area contributed by atoms with E-state index in [4.69, 9.17) is 4.74 Å². The maximum absolute atomic E-state index is 5.04. The molecule has 0 atom stereocenters. The van der Waals surface area contributed by atoms with Gasteiger partial charge in [0.1, 0.15) is 0 Å². The second-order valence-electron chi connectivity index (χ2n) is 5.19. The number of rotatable bonds is 6. The summed E-state index contributed by atoms with van der Waals surface area (Å²) in [5.74, 6) is 1.28. The van der Waals surface area contributed by atoms with Gasteiger partial charge < -0.3 is 15.0 Å². The SMILES string of the molecule is CN=C(NCCOC)N(C)Cc1cn(C)nc1C(C)C. The van der Waals surface area contributed by atoms with Crippen LogP contribution in [0, 0.1) is 0 Å². The molecule has 0 aliphatic rings. The molecule has 6 heteroatoms. The molecule has 0 radical (unpaired) electrons. The average molecular weight is 281 g/mol. The highest BCUT2D eigenvalue weighted by Gasteiger charge is 2.14. The largest absolute Gasteiger partial charge is 0.383 e. The highest BCUT2D eigenvalue weighted by molar-refractivity contribution is 5.79. The van der Waals surface area contributed by atoms with Crippen molar-refractivity contribution in [2.45, 2.75) is 26.3 Å². The van der Waals surface area contributed by atoms with E-state index in [1.807, 2.05) is 18.8 Å². The van der Waals surface area contributed by atoms with Crippen LogP contribution in [0.25, 0.3) is 0 Å². The van der Waals surface area contributed by atoms with E-state index in [-0.39, 0.29) is 0 Å². The van der Waals surface area contributed by atoms with Crippen molar-refractivity contribution < 1.29 is 4.74 Å². The van der Waals surface area contributed by atoms with Crippen LogP contribution >= 0.6 is 0 Å². The van der Waals surface area contributed by atoms with Crippen LogP contribution in [-0.4, -0.2) is 55.0 Å². The molecule has 0 aliphatic heterocycles. The molecule has 0 fully saturated rings. The summed E-state index contributed by atoms with van der Waals surface area (Å²) in [5.41, 5.74) is 2.38. The zero-order valence-corrected chi connectivity index (χ0v) is 13.5. The van der Waals surface area contributed by atoms with E-state index in [0.717, 1.165) is 24.7 Å². The number of methoxy groups -OCH3 is 1. The minimum Gasteiger partial charge on any atom is -0.383 e. The highest BCUT2D eigenvalue weighted by atomic mass is 16.5. The maximum atomic E-state index is 5.04. The Bertz CT molecular complexity index is 439. The molecule has 20 heavy (non-hydrogen) atoms. The summed E-state index contributed by atoms with van der Waals surface area (Å²) in [7, 11) is 7.47. The van der Waals surface area contributed by atoms with Crippen molar-refractivity contribution in [3.05, 3.63) is 17.5 Å². The van der Waals surface area contributed by atoms with Crippen LogP contribution in [0.15, 0.2) is 11.2 Å². The van der Waals surface area contributed by atoms with E-state index in [0.29, 0.717) is 12.5 Å². The molecular formula is C14H27N5O. The molecule has 0 bridgehead atoms. The predicted octanol–water partition coefficient (Wildman–Crippen LogP) is 1.20. The Hall–Kier alpha value is -1.56. The molecule has 0 amide bonds. The van der Waals surface area contributed by atoms with Gasteiger partial charge in [0.15, 0.2) is 5.96 Å². The van der Waals surface area contributed by atoms with Gasteiger partial charge in [0, 0.05) is 53.1 Å². The predicted molar refractivity (Wildman–Crippen MR) is 82.0 cm³/mol. The third-order valence-electron chi connectivity index (χ3n) is 3.05. The molecule has 1 heterocycles. The minimum absolute atomic E-state index is 0.420. The van der Waals surface area contributed by atoms with Crippen LogP contribution in [0.3, 0.4) is 0 Å². The topological polar surface area (TPSA) is 54.7 Å². The lowest BCUT2D eigenvalue weighted by Crippen LogP contribution is -2.40. The normalized spacial score (nSPS) is 12.1. The molecule has 1 aromatic rings. The molecule has 0 aromatic carbocycles. The van der Waals surface area contributed by atoms with Crippen LogP contribution < -0.4 is 5.32 Å². The molecule has 6 nitrogen and oxygen atoms in total. The van der Waals surface area contributed by atoms with Gasteiger partial charge in [-0.15, -0.1) is 0 Å². The number of hydrogen-bond donors (Lipinski definition) is 1. The summed E-state index contributed by atoms with van der Waals surface area (Å²) >= 11 is 0. The van der Waals surface area contributed by atoms with E-state index in [2.05, 4.69) is 40.4 Å². The van der Waals surface area contributed by atoms with Crippen LogP contribution in [0.4, 0.5) is 0 Å². The first-order valence-corrected chi connectivity index (χ1v) is 6.92. The van der Waals surface area contributed by atoms with Crippen molar-refractivity contribution in [1.29, 1.82) is 0 Å². The lowest BCUT2D eigenvalue weighted by Gasteiger charge is -2.22. The molecule has 0 aliphatic carbocycles. The number of aromatic nitrogens is 2. The Kier molecular flexibility index (Phi) is 6.51. The number of aryl methyl sites for hydroxylation is 1. The first-order valence-electron chi connectivity index (χ1n) is 6.92. The fourth-order valence-corrected chi connectivity index (χ4v) is 2.14. The van der Waals surface area contributed by atoms with Crippen molar-refractivity contribution in [3.8, 4) is 0 Å². The Balaban J connectivity index is 2.71. The van der Waals surface area contributed by atoms with Gasteiger partial charge in [-0.05, 0) is 5.92 Å². The summed E-state index contributed by atoms with van der Waals surface area (Å²) in [6.45, 7) is 6.53. The van der Waals surface area contributed by atoms with Crippen LogP contribution in [-0.2, 0) is 18.3 Å². The Labute approximate surface area is 121 Å². The molecule has 0 spiro atoms. The second-order valence-corrected chi connectivity index (χ2v) is 5.19. The number of ether oxygens (including phenoxy) is 1. The van der Waals surface area contributed by atoms with Gasteiger partial charge in [-0.25, -0.2) is 0 Å². The smallest absolute Gasteiger partial charge is 0.193 e. The average Bonchev–Trinajstić information content (AvgIpc) is 2.75. The molecular weight excluding hydrogens is 254 g/mol. The van der Waals surface area contributed by atoms with E-state index < -0.39 is 0 Å². The molecule has 0 unspecified atom stereocenters. The number of nitrogens with one attached hydrogen (secondary N) is 1. The monoisotopic (exact) mass is 281 g/mol. The van der Waals surface area contributed by atoms with Crippen molar-refractivity contribution in [3.63, 3.8) is 0 Å². The van der Waals surface area contributed by atoms with Crippen LogP contribution in [0.2, 0.25) is 0 Å². The lowest BCUT2D eigenvalue weighted by atomic mass is 10.1. The van der Waals surface area contributed by atoms with Crippen LogP contribution in [0.5, 0.6) is 0 Å². The van der Waals surface area contributed by atoms with E-state index in [1.54, 1.807) is 14.2 Å². The highest BCUT2D eigenvalue weighted by Crippen LogP contribution is 2.18. The van der Waals surface area contributed by atoms with E-state index in [9.17, 15) is 0 Å². The van der Waals surface area contributed by atoms with E-state index >= 15 is 0 Å². The standard InChI is InChI=1S/C14H27N5O/c1-11(2)13-12(10-19(5)17-13)9-18(4)14(15-3)16-7-8-20-6/h10-11H,7-9H2,1-6H3,(H,15,16). The summed E-state index contributed by atoms with van der Waals surface area (Å²) in [4.78, 5) is 6.38. The van der Waals surface area contributed by atoms with Crippen LogP contribution in [0.1, 0.15) is 31.0 Å². The second kappa shape index (κ2) is 7.89. The molecule has 0 saturated carbocycles. The van der Waals surface area contributed by atoms with Crippen molar-refractivity contribution in [1.82, 2.24) is 20.0 Å². The first kappa shape index (κ1) is 16.5. The fraction of sp³-hybridized carbons (Fsp3) is 0.714. The number of hydrogen-bond acceptors (Lipinski definition) is 3. The van der Waals surface area contributed by atoms with Gasteiger partial charge in [0.05, 0.1) is 12.3 Å². The Morgan fingerprint density at radius 3 is 2.80 bits per heavy atom. The van der Waals surface area contributed by atoms with Gasteiger partial charge in [-0.3, -0.25) is 9.67 Å². The zero-order valence-electron chi connectivity index (χ0n) is 13.5. The van der Waals surface area contributed by atoms with Crippen molar-refractivity contribution in [2.24, 2.45) is 12.0 Å². The quantitative estimate of drug-likeness (QED) is 0.483. The number of aliphatic imine (C=N–C) groups is 1. The fourth-order valence-electron chi connectivity index (χ4n) is 2.14. The number of guanidine groups is 1. The molecule has 1 aromatic heterocycles. The number of nitrogens with zero attached hydrogens (tertiary/aromatic N) is 4. The summed E-state index contributed by atoms with van der Waals surface area (Å²) in [5, 5.41) is 7.80. The summed E-state index contributed by atoms with van der Waals surface area (Å²) in [6, 6.07) is 0. The molecule has 114 valence electrons. The van der Waals surface area contributed by atoms with Gasteiger partial charge in [0.2, 0.25) is 0 Å². The molecule has 1 rings (SSSR count). The van der Waals surface area contributed by atoms with Crippen molar-refractivity contribution >= 4 is 5.96 Å². The van der Waals surface area contributed by atoms with Gasteiger partial charge in [-0.2, -0.15) is 5.10 Å². The molecule has 0 saturated heterocycles.